The minimum Gasteiger partial charge on any atom is -0.491 e. The van der Waals surface area contributed by atoms with Gasteiger partial charge >= 0.3 is 7.60 Å². The number of H-pyrrole nitrogens is 1. The molecule has 444 valence electrons. The summed E-state index contributed by atoms with van der Waals surface area (Å²) in [6, 6.07) is 11.8. The van der Waals surface area contributed by atoms with Gasteiger partial charge in [-0.05, 0) is 117 Å². The van der Waals surface area contributed by atoms with Crippen molar-refractivity contribution < 1.29 is 67.3 Å². The summed E-state index contributed by atoms with van der Waals surface area (Å²) in [6.45, 7) is 10.3. The number of carbonyl (C=O) groups excluding carboxylic acids is 9. The molecule has 4 aromatic rings. The van der Waals surface area contributed by atoms with Gasteiger partial charge in [0.2, 0.25) is 41.4 Å². The summed E-state index contributed by atoms with van der Waals surface area (Å²) in [5.74, 6) is -1.09. The summed E-state index contributed by atoms with van der Waals surface area (Å²) >= 11 is 0. The smallest absolute Gasteiger partial charge is 0.396 e. The van der Waals surface area contributed by atoms with Gasteiger partial charge in [0.15, 0.2) is 0 Å². The molecule has 83 heavy (non-hydrogen) atoms. The molecule has 8 atom stereocenters. The second kappa shape index (κ2) is 26.6. The highest BCUT2D eigenvalue weighted by Crippen LogP contribution is 2.40. The number of nitrogens with two attached hydrogens (primary N) is 1. The van der Waals surface area contributed by atoms with E-state index in [0.29, 0.717) is 42.5 Å². The Kier molecular flexibility index (Phi) is 20.1. The molecule has 1 aromatic heterocycles. The summed E-state index contributed by atoms with van der Waals surface area (Å²) in [7, 11) is -5.09. The minimum atomic E-state index is -5.09. The first kappa shape index (κ1) is 62.7. The highest BCUT2D eigenvalue weighted by molar-refractivity contribution is 7.70. The highest BCUT2D eigenvalue weighted by Gasteiger charge is 2.47. The molecule has 8 amide bonds. The second-order valence-corrected chi connectivity index (χ2v) is 24.3. The lowest BCUT2D eigenvalue weighted by Gasteiger charge is -2.38. The number of hydrogen-bond donors (Lipinski definition) is 9. The number of nitrogens with one attached hydrogen (secondary N) is 5. The van der Waals surface area contributed by atoms with Crippen LogP contribution in [0.25, 0.3) is 10.9 Å². The number of aliphatic hydroxyl groups excluding tert-OH is 1. The Morgan fingerprint density at radius 2 is 1.63 bits per heavy atom. The standard InChI is InChI=1S/C59H74N9O14P/c1-8-36-15-17-38(18-16-36)34(3)61-55(75)48-29-43(70)30-67(48)57(77)52(59(5,6)7)65-51(72)14-10-12-37-11-9-13-49(33(37)2)82-32-41(20-24-50(60)71)62-54(74)47-23-21-42-25-26-66(35(4)69)31-46(56(76)68(42)47)64-53(73)45-28-40-27-39(19-22-44(40)63-45)58(78)83(79,80)81/h1,9,11,13,15-19,22,27-28,34,41-43,46-48,52,63,70H,10,12,14,20-21,23-26,29-32H2,2-7H3,(H2,60,71)(H,61,75)(H,62,74)(H,64,73)(H,65,72)(H2,79,80,81)/t34-,41-,42+,43+,46-,47-,48-,52+/m0/s1. The molecule has 0 saturated carbocycles. The third-order valence-electron chi connectivity index (χ3n) is 15.6. The first-order chi connectivity index (χ1) is 39.1. The average Bonchev–Trinajstić information content (AvgIpc) is 3.71. The van der Waals surface area contributed by atoms with Gasteiger partial charge in [-0.2, -0.15) is 0 Å². The molecule has 7 rings (SSSR count). The number of ether oxygens (including phenoxy) is 1. The van der Waals surface area contributed by atoms with Crippen LogP contribution in [0.15, 0.2) is 66.7 Å². The van der Waals surface area contributed by atoms with E-state index in [1.165, 1.54) is 45.9 Å². The van der Waals surface area contributed by atoms with E-state index in [2.05, 4.69) is 32.2 Å². The molecule has 3 aromatic carbocycles. The van der Waals surface area contributed by atoms with Crippen molar-refractivity contribution in [3.8, 4) is 18.1 Å². The zero-order valence-electron chi connectivity index (χ0n) is 47.4. The van der Waals surface area contributed by atoms with Gasteiger partial charge in [-0.1, -0.05) is 51.0 Å². The molecule has 0 aliphatic carbocycles. The molecule has 10 N–H and O–H groups in total. The molecule has 3 saturated heterocycles. The molecule has 0 bridgehead atoms. The van der Waals surface area contributed by atoms with Crippen LogP contribution in [0.1, 0.15) is 135 Å². The van der Waals surface area contributed by atoms with Crippen LogP contribution in [0.4, 0.5) is 0 Å². The fourth-order valence-electron chi connectivity index (χ4n) is 11.0. The number of terminal acetylenes is 1. The van der Waals surface area contributed by atoms with Crippen molar-refractivity contribution in [3.05, 3.63) is 100 Å². The predicted molar refractivity (Wildman–Crippen MR) is 305 cm³/mol. The largest absolute Gasteiger partial charge is 0.491 e. The zero-order chi connectivity index (χ0) is 60.7. The maximum atomic E-state index is 14.6. The third-order valence-corrected chi connectivity index (χ3v) is 16.4. The number of rotatable bonds is 21. The fraction of sp³-hybridized carbons (Fsp3) is 0.475. The minimum absolute atomic E-state index is 0.0360. The molecule has 0 radical (unpaired) electrons. The molecule has 0 spiro atoms. The molecule has 24 heteroatoms. The van der Waals surface area contributed by atoms with E-state index in [1.54, 1.807) is 24.3 Å². The van der Waals surface area contributed by atoms with Crippen molar-refractivity contribution in [1.82, 2.24) is 41.0 Å². The molecular weight excluding hydrogens is 1090 g/mol. The molecule has 3 aliphatic rings. The van der Waals surface area contributed by atoms with Gasteiger partial charge < -0.3 is 66.3 Å². The van der Waals surface area contributed by atoms with Crippen LogP contribution in [-0.2, 0) is 44.5 Å². The number of aromatic amines is 1. The number of aryl methyl sites for hydroxylation is 1. The van der Waals surface area contributed by atoms with Crippen LogP contribution in [-0.4, -0.2) is 156 Å². The summed E-state index contributed by atoms with van der Waals surface area (Å²) in [6.07, 6.45) is 6.49. The van der Waals surface area contributed by atoms with E-state index < -0.39 is 102 Å². The summed E-state index contributed by atoms with van der Waals surface area (Å²) in [5.41, 5.74) is 6.57. The summed E-state index contributed by atoms with van der Waals surface area (Å²) in [5, 5.41) is 22.5. The van der Waals surface area contributed by atoms with Crippen LogP contribution in [0.5, 0.6) is 5.75 Å². The van der Waals surface area contributed by atoms with Gasteiger partial charge in [0.1, 0.15) is 42.2 Å². The van der Waals surface area contributed by atoms with Gasteiger partial charge in [-0.15, -0.1) is 6.42 Å². The lowest BCUT2D eigenvalue weighted by atomic mass is 9.85. The van der Waals surface area contributed by atoms with E-state index in [-0.39, 0.29) is 86.8 Å². The molecular formula is C59H74N9O14P. The molecule has 23 nitrogen and oxygen atoms in total. The topological polar surface area (TPSA) is 340 Å². The lowest BCUT2D eigenvalue weighted by molar-refractivity contribution is -0.145. The van der Waals surface area contributed by atoms with Crippen LogP contribution in [0.2, 0.25) is 0 Å². The Morgan fingerprint density at radius 1 is 0.916 bits per heavy atom. The average molecular weight is 1160 g/mol. The summed E-state index contributed by atoms with van der Waals surface area (Å²) in [4.78, 5) is 147. The maximum Gasteiger partial charge on any atom is 0.396 e. The van der Waals surface area contributed by atoms with Crippen molar-refractivity contribution in [2.45, 2.75) is 148 Å². The van der Waals surface area contributed by atoms with Crippen LogP contribution >= 0.6 is 7.60 Å². The molecule has 3 fully saturated rings. The number of fused-ring (bicyclic) bond motifs is 2. The molecule has 0 unspecified atom stereocenters. The Balaban J connectivity index is 0.966. The number of amides is 8. The van der Waals surface area contributed by atoms with Crippen molar-refractivity contribution in [3.63, 3.8) is 0 Å². The molecule has 3 aliphatic heterocycles. The summed E-state index contributed by atoms with van der Waals surface area (Å²) < 4.78 is 17.9. The first-order valence-corrected chi connectivity index (χ1v) is 29.3. The number of nitrogens with zero attached hydrogens (tertiary/aromatic N) is 3. The zero-order valence-corrected chi connectivity index (χ0v) is 48.3. The van der Waals surface area contributed by atoms with Gasteiger partial charge in [0, 0.05) is 73.9 Å². The van der Waals surface area contributed by atoms with E-state index in [1.807, 2.05) is 52.8 Å². The molecule has 4 heterocycles. The highest BCUT2D eigenvalue weighted by atomic mass is 31.2. The van der Waals surface area contributed by atoms with Crippen molar-refractivity contribution in [1.29, 1.82) is 0 Å². The monoisotopic (exact) mass is 1160 g/mol. The van der Waals surface area contributed by atoms with Gasteiger partial charge in [-0.25, -0.2) is 0 Å². The lowest BCUT2D eigenvalue weighted by Crippen LogP contribution is -2.61. The van der Waals surface area contributed by atoms with E-state index >= 15 is 0 Å². The normalized spacial score (nSPS) is 20.2. The Hall–Kier alpha value is -7.90. The second-order valence-electron chi connectivity index (χ2n) is 22.8. The number of hydrogen-bond acceptors (Lipinski definition) is 12. The fourth-order valence-corrected chi connectivity index (χ4v) is 11.4. The third kappa shape index (κ3) is 15.6. The number of likely N-dealkylation sites (tertiary alicyclic amines) is 1. The number of β-amino-alcohol motifs (C(OH)–C–C–N with tert-alkyl or cyclic N) is 1. The number of carbonyl (C=O) groups is 9. The number of primary amides is 1. The van der Waals surface area contributed by atoms with Crippen LogP contribution in [0.3, 0.4) is 0 Å². The number of aromatic nitrogens is 1. The van der Waals surface area contributed by atoms with E-state index in [4.69, 9.17) is 16.9 Å². The maximum absolute atomic E-state index is 14.6. The Bertz CT molecular complexity index is 3240. The van der Waals surface area contributed by atoms with Crippen molar-refractivity contribution in [2.75, 3.05) is 26.2 Å². The van der Waals surface area contributed by atoms with Crippen LogP contribution in [0, 0.1) is 24.7 Å². The van der Waals surface area contributed by atoms with Crippen molar-refractivity contribution >= 4 is 71.3 Å². The van der Waals surface area contributed by atoms with E-state index in [0.717, 1.165) is 16.7 Å². The number of aliphatic hydroxyl groups is 1. The van der Waals surface area contributed by atoms with Gasteiger partial charge in [-0.3, -0.25) is 47.7 Å². The quantitative estimate of drug-likeness (QED) is 0.0428. The Labute approximate surface area is 481 Å². The first-order valence-electron chi connectivity index (χ1n) is 27.7. The predicted octanol–water partition coefficient (Wildman–Crippen LogP) is 3.01. The van der Waals surface area contributed by atoms with E-state index in [9.17, 15) is 62.6 Å². The van der Waals surface area contributed by atoms with Crippen LogP contribution < -0.4 is 31.7 Å². The Morgan fingerprint density at radius 3 is 2.29 bits per heavy atom. The van der Waals surface area contributed by atoms with Gasteiger partial charge in [0.25, 0.3) is 11.4 Å². The number of benzene rings is 3. The van der Waals surface area contributed by atoms with Gasteiger partial charge in [0.05, 0.1) is 18.2 Å². The van der Waals surface area contributed by atoms with Crippen molar-refractivity contribution in [2.24, 2.45) is 11.1 Å². The SMILES string of the molecule is C#Cc1ccc([C@H](C)NC(=O)[C@@H]2C[C@@H](O)CN2C(=O)[C@@H](NC(=O)CCCc2cccc(OC[C@H](CCC(N)=O)NC(=O)[C@@H]3CC[C@@H]4CCN(C(C)=O)C[C@H](NC(=O)c5cc6cc(C(=O)P(=O)(O)O)ccc6[nH]5)C(=O)N43)c2C)C(C)(C)C)cc1.